The predicted octanol–water partition coefficient (Wildman–Crippen LogP) is 0.722. The van der Waals surface area contributed by atoms with E-state index in [1.807, 2.05) is 0 Å². The molecule has 4 atom stereocenters. The van der Waals surface area contributed by atoms with Gasteiger partial charge >= 0.3 is 0 Å². The quantitative estimate of drug-likeness (QED) is 0.513. The van der Waals surface area contributed by atoms with Crippen LogP contribution in [0.2, 0.25) is 0 Å². The zero-order valence-corrected chi connectivity index (χ0v) is 14.9. The fraction of sp³-hybridized carbons (Fsp3) is 1.00. The highest BCUT2D eigenvalue weighted by atomic mass is 16.7. The molecular weight excluding hydrogens is 290 g/mol. The molecule has 3 aliphatic rings. The van der Waals surface area contributed by atoms with E-state index in [2.05, 4.69) is 47.5 Å². The molecule has 23 heavy (non-hydrogen) atoms. The highest BCUT2D eigenvalue weighted by Crippen LogP contribution is 2.33. The molecule has 0 aromatic rings. The van der Waals surface area contributed by atoms with Gasteiger partial charge < -0.3 is 5.32 Å². The van der Waals surface area contributed by atoms with Gasteiger partial charge in [0, 0.05) is 25.7 Å². The van der Waals surface area contributed by atoms with Crippen molar-refractivity contribution in [1.82, 2.24) is 26.7 Å². The third-order valence-electron chi connectivity index (χ3n) is 5.77. The number of hydrogen-bond acceptors (Lipinski definition) is 6. The zero-order valence-electron chi connectivity index (χ0n) is 14.9. The third-order valence-corrected chi connectivity index (χ3v) is 5.77. The van der Waals surface area contributed by atoms with Gasteiger partial charge in [-0.05, 0) is 50.4 Å². The van der Waals surface area contributed by atoms with Crippen LogP contribution in [0.3, 0.4) is 0 Å². The van der Waals surface area contributed by atoms with Crippen molar-refractivity contribution in [1.29, 1.82) is 0 Å². The van der Waals surface area contributed by atoms with Crippen molar-refractivity contribution in [2.75, 3.05) is 19.6 Å². The average molecular weight is 326 g/mol. The highest BCUT2D eigenvalue weighted by Gasteiger charge is 2.35. The van der Waals surface area contributed by atoms with Crippen molar-refractivity contribution in [3.8, 4) is 0 Å². The smallest absolute Gasteiger partial charge is 0.133 e. The Kier molecular flexibility index (Phi) is 6.29. The molecule has 0 aromatic carbocycles. The second-order valence-corrected chi connectivity index (χ2v) is 7.89. The fourth-order valence-electron chi connectivity index (χ4n) is 4.16. The van der Waals surface area contributed by atoms with Crippen LogP contribution in [0.25, 0.3) is 0 Å². The molecule has 2 heterocycles. The normalized spacial score (nSPS) is 40.4. The van der Waals surface area contributed by atoms with Gasteiger partial charge in [-0.1, -0.05) is 13.8 Å². The van der Waals surface area contributed by atoms with E-state index in [0.717, 1.165) is 25.6 Å². The number of nitrogens with one attached hydrogen (secondary N) is 5. The fourth-order valence-corrected chi connectivity index (χ4v) is 4.16. The minimum absolute atomic E-state index is 0.156. The molecule has 0 bridgehead atoms. The SMILES string of the molecule is CC(C)C1NC(C2CCC([C@@H](C)NC3CNCCN3)CC2)NO1. The Morgan fingerprint density at radius 1 is 1.04 bits per heavy atom. The molecule has 0 aromatic heterocycles. The van der Waals surface area contributed by atoms with Crippen LogP contribution in [0.1, 0.15) is 46.5 Å². The maximum atomic E-state index is 5.67. The number of piperazine rings is 1. The van der Waals surface area contributed by atoms with Crippen molar-refractivity contribution in [3.05, 3.63) is 0 Å². The van der Waals surface area contributed by atoms with Crippen LogP contribution in [0.5, 0.6) is 0 Å². The predicted molar refractivity (Wildman–Crippen MR) is 92.5 cm³/mol. The minimum atomic E-state index is 0.156. The van der Waals surface area contributed by atoms with Crippen molar-refractivity contribution in [2.45, 2.75) is 71.1 Å². The van der Waals surface area contributed by atoms with Gasteiger partial charge in [-0.25, -0.2) is 0 Å². The lowest BCUT2D eigenvalue weighted by Gasteiger charge is -2.37. The molecule has 2 saturated heterocycles. The van der Waals surface area contributed by atoms with Crippen molar-refractivity contribution < 1.29 is 4.84 Å². The molecule has 134 valence electrons. The molecule has 6 heteroatoms. The van der Waals surface area contributed by atoms with E-state index in [1.165, 1.54) is 25.7 Å². The largest absolute Gasteiger partial charge is 0.313 e. The zero-order chi connectivity index (χ0) is 16.2. The van der Waals surface area contributed by atoms with E-state index < -0.39 is 0 Å². The number of hydrogen-bond donors (Lipinski definition) is 5. The van der Waals surface area contributed by atoms with Gasteiger partial charge in [-0.15, -0.1) is 0 Å². The molecule has 1 saturated carbocycles. The third kappa shape index (κ3) is 4.65. The summed E-state index contributed by atoms with van der Waals surface area (Å²) in [5, 5.41) is 14.4. The first-order valence-corrected chi connectivity index (χ1v) is 9.51. The molecule has 3 rings (SSSR count). The Morgan fingerprint density at radius 2 is 1.83 bits per heavy atom. The Bertz CT molecular complexity index is 353. The van der Waals surface area contributed by atoms with Gasteiger partial charge in [0.05, 0.1) is 12.3 Å². The second-order valence-electron chi connectivity index (χ2n) is 7.89. The minimum Gasteiger partial charge on any atom is -0.313 e. The van der Waals surface area contributed by atoms with Gasteiger partial charge in [0.2, 0.25) is 0 Å². The van der Waals surface area contributed by atoms with Crippen LogP contribution in [0.4, 0.5) is 0 Å². The Morgan fingerprint density at radius 3 is 2.43 bits per heavy atom. The highest BCUT2D eigenvalue weighted by molar-refractivity contribution is 4.87. The molecule has 0 radical (unpaired) electrons. The summed E-state index contributed by atoms with van der Waals surface area (Å²) in [6, 6.07) is 0.581. The molecule has 0 amide bonds. The van der Waals surface area contributed by atoms with Gasteiger partial charge in [0.25, 0.3) is 0 Å². The summed E-state index contributed by atoms with van der Waals surface area (Å²) >= 11 is 0. The van der Waals surface area contributed by atoms with Crippen LogP contribution >= 0.6 is 0 Å². The molecule has 3 unspecified atom stereocenters. The van der Waals surface area contributed by atoms with Gasteiger partial charge in [0.1, 0.15) is 6.23 Å². The van der Waals surface area contributed by atoms with Gasteiger partial charge in [0.15, 0.2) is 0 Å². The van der Waals surface area contributed by atoms with E-state index in [0.29, 0.717) is 30.2 Å². The summed E-state index contributed by atoms with van der Waals surface area (Å²) in [6.07, 6.45) is 6.10. The van der Waals surface area contributed by atoms with Crippen LogP contribution in [-0.4, -0.2) is 44.2 Å². The summed E-state index contributed by atoms with van der Waals surface area (Å²) in [5.74, 6) is 1.99. The lowest BCUT2D eigenvalue weighted by Crippen LogP contribution is -2.58. The Balaban J connectivity index is 1.39. The second kappa shape index (κ2) is 8.23. The molecule has 3 fully saturated rings. The van der Waals surface area contributed by atoms with E-state index in [-0.39, 0.29) is 6.23 Å². The Labute approximate surface area is 140 Å². The van der Waals surface area contributed by atoms with Crippen LogP contribution in [-0.2, 0) is 4.84 Å². The summed E-state index contributed by atoms with van der Waals surface area (Å²) < 4.78 is 0. The topological polar surface area (TPSA) is 69.4 Å². The molecular formula is C17H35N5O. The molecule has 6 nitrogen and oxygen atoms in total. The maximum Gasteiger partial charge on any atom is 0.133 e. The van der Waals surface area contributed by atoms with E-state index in [1.54, 1.807) is 0 Å². The maximum absolute atomic E-state index is 5.67. The Hall–Kier alpha value is -0.240. The van der Waals surface area contributed by atoms with E-state index >= 15 is 0 Å². The van der Waals surface area contributed by atoms with Gasteiger partial charge in [-0.3, -0.25) is 20.8 Å². The monoisotopic (exact) mass is 325 g/mol. The van der Waals surface area contributed by atoms with Crippen molar-refractivity contribution in [2.24, 2.45) is 17.8 Å². The number of rotatable bonds is 5. The molecule has 1 aliphatic carbocycles. The standard InChI is InChI=1S/C17H35N5O/c1-11(2)17-21-16(22-23-17)14-6-4-13(5-7-14)12(3)20-15-10-18-8-9-19-15/h11-22H,4-10H2,1-3H3/t12-,13?,14?,15?,16?,17?/m1/s1. The van der Waals surface area contributed by atoms with Gasteiger partial charge in [-0.2, -0.15) is 5.48 Å². The van der Waals surface area contributed by atoms with E-state index in [9.17, 15) is 0 Å². The molecule has 0 spiro atoms. The van der Waals surface area contributed by atoms with Crippen LogP contribution in [0, 0.1) is 17.8 Å². The summed E-state index contributed by atoms with van der Waals surface area (Å²) in [5.41, 5.74) is 3.22. The van der Waals surface area contributed by atoms with Crippen molar-refractivity contribution in [3.63, 3.8) is 0 Å². The summed E-state index contributed by atoms with van der Waals surface area (Å²) in [4.78, 5) is 5.67. The summed E-state index contributed by atoms with van der Waals surface area (Å²) in [7, 11) is 0. The average Bonchev–Trinajstić information content (AvgIpc) is 3.06. The van der Waals surface area contributed by atoms with Crippen LogP contribution in [0.15, 0.2) is 0 Å². The molecule has 5 N–H and O–H groups in total. The van der Waals surface area contributed by atoms with Crippen LogP contribution < -0.4 is 26.7 Å². The number of hydroxylamine groups is 1. The first-order chi connectivity index (χ1) is 11.1. The molecule has 2 aliphatic heterocycles. The first-order valence-electron chi connectivity index (χ1n) is 9.51. The van der Waals surface area contributed by atoms with Crippen molar-refractivity contribution >= 4 is 0 Å². The summed E-state index contributed by atoms with van der Waals surface area (Å²) in [6.45, 7) is 9.92. The lowest BCUT2D eigenvalue weighted by atomic mass is 9.77. The van der Waals surface area contributed by atoms with E-state index in [4.69, 9.17) is 4.84 Å². The lowest BCUT2D eigenvalue weighted by molar-refractivity contribution is -0.00683. The first kappa shape index (κ1) is 17.6.